The Hall–Kier alpha value is -0.415. The molecule has 0 radical (unpaired) electrons. The Morgan fingerprint density at radius 2 is 1.91 bits per heavy atom. The fourth-order valence-electron chi connectivity index (χ4n) is 0.719. The third-order valence-corrected chi connectivity index (χ3v) is 3.63. The van der Waals surface area contributed by atoms with E-state index in [0.717, 1.165) is 3.07 Å². The van der Waals surface area contributed by atoms with Crippen LogP contribution in [0.3, 0.4) is 0 Å². The molecule has 11 heavy (non-hydrogen) atoms. The number of carbonyl (C=O) groups excluding carboxylic acids is 1. The van der Waals surface area contributed by atoms with Crippen molar-refractivity contribution in [2.45, 2.75) is 0 Å². The van der Waals surface area contributed by atoms with E-state index in [2.05, 4.69) is 0 Å². The summed E-state index contributed by atoms with van der Waals surface area (Å²) in [6, 6.07) is 6.96. The van der Waals surface area contributed by atoms with Crippen LogP contribution in [0.2, 0.25) is 0 Å². The van der Waals surface area contributed by atoms with Crippen LogP contribution in [0.25, 0.3) is 0 Å². The van der Waals surface area contributed by atoms with Crippen molar-refractivity contribution in [2.75, 3.05) is 0 Å². The van der Waals surface area contributed by atoms with Gasteiger partial charge >= 0.3 is 74.9 Å². The third kappa shape index (κ3) is 2.59. The molecule has 1 aromatic carbocycles. The second-order valence-corrected chi connectivity index (χ2v) is 4.91. The quantitative estimate of drug-likeness (QED) is 0.579. The van der Waals surface area contributed by atoms with E-state index in [4.69, 9.17) is 0 Å². The zero-order valence-corrected chi connectivity index (χ0v) is 11.3. The second-order valence-electron chi connectivity index (χ2n) is 1.94. The van der Waals surface area contributed by atoms with Crippen LogP contribution >= 0.6 is 0 Å². The topological polar surface area (TPSA) is 71.6 Å². The van der Waals surface area contributed by atoms with Crippen molar-refractivity contribution in [1.82, 2.24) is 0 Å². The van der Waals surface area contributed by atoms with Crippen LogP contribution in [0.15, 0.2) is 24.3 Å². The van der Waals surface area contributed by atoms with Gasteiger partial charge in [0, 0.05) is 0 Å². The number of benzene rings is 1. The Labute approximate surface area is 80.3 Å². The fraction of sp³-hybridized carbons (Fsp3) is 0. The molecule has 0 heterocycles. The van der Waals surface area contributed by atoms with Crippen LogP contribution in [0.1, 0.15) is 10.4 Å². The molecular formula is C7H6HgO3-. The van der Waals surface area contributed by atoms with Gasteiger partial charge in [0.1, 0.15) is 0 Å². The molecular weight excluding hydrogens is 333 g/mol. The van der Waals surface area contributed by atoms with Crippen LogP contribution in [-0.4, -0.2) is 11.4 Å². The monoisotopic (exact) mass is 340 g/mol. The van der Waals surface area contributed by atoms with Crippen molar-refractivity contribution in [2.24, 2.45) is 0 Å². The van der Waals surface area contributed by atoms with Gasteiger partial charge in [0.05, 0.1) is 0 Å². The van der Waals surface area contributed by atoms with Gasteiger partial charge in [0.25, 0.3) is 0 Å². The molecule has 0 spiro atoms. The Bertz CT molecular complexity index is 260. The normalized spacial score (nSPS) is 8.55. The van der Waals surface area contributed by atoms with E-state index in [1.54, 1.807) is 12.1 Å². The molecule has 0 saturated heterocycles. The minimum atomic E-state index is -1.06. The number of aromatic carboxylic acids is 1. The molecule has 0 saturated carbocycles. The Balaban J connectivity index is 0.000001000. The van der Waals surface area contributed by atoms with Gasteiger partial charge in [-0.2, -0.15) is 0 Å². The number of rotatable bonds is 1. The van der Waals surface area contributed by atoms with Gasteiger partial charge < -0.3 is 5.48 Å². The van der Waals surface area contributed by atoms with Crippen molar-refractivity contribution in [3.8, 4) is 0 Å². The molecule has 55 valence electrons. The summed E-state index contributed by atoms with van der Waals surface area (Å²) in [6.45, 7) is 0. The van der Waals surface area contributed by atoms with Gasteiger partial charge in [0.2, 0.25) is 0 Å². The summed E-state index contributed by atoms with van der Waals surface area (Å²) in [4.78, 5) is 10.3. The van der Waals surface area contributed by atoms with Crippen LogP contribution in [0.4, 0.5) is 0 Å². The average molecular weight is 339 g/mol. The molecule has 1 rings (SSSR count). The van der Waals surface area contributed by atoms with Gasteiger partial charge in [-0.15, -0.1) is 0 Å². The summed E-state index contributed by atoms with van der Waals surface area (Å²) in [5.41, 5.74) is 0.353. The SMILES string of the molecule is O.O=C([O-])c1cccc[c]1[Hg]. The second kappa shape index (κ2) is 4.46. The molecule has 0 unspecified atom stereocenters. The van der Waals surface area contributed by atoms with Crippen LogP contribution in [0, 0.1) is 0 Å². The third-order valence-electron chi connectivity index (χ3n) is 1.24. The Morgan fingerprint density at radius 1 is 1.36 bits per heavy atom. The maximum atomic E-state index is 10.3. The molecule has 0 fully saturated rings. The molecule has 0 aliphatic rings. The van der Waals surface area contributed by atoms with Crippen LogP contribution < -0.4 is 8.18 Å². The number of hydrogen-bond acceptors (Lipinski definition) is 2. The molecule has 3 nitrogen and oxygen atoms in total. The molecule has 0 aliphatic carbocycles. The van der Waals surface area contributed by atoms with E-state index in [1.165, 1.54) is 0 Å². The van der Waals surface area contributed by atoms with Crippen molar-refractivity contribution in [3.05, 3.63) is 29.8 Å². The predicted octanol–water partition coefficient (Wildman–Crippen LogP) is -1.60. The molecule has 0 aliphatic heterocycles. The van der Waals surface area contributed by atoms with Crippen LogP contribution in [-0.2, 0) is 26.1 Å². The minimum absolute atomic E-state index is 0. The molecule has 1 aromatic rings. The summed E-state index contributed by atoms with van der Waals surface area (Å²) < 4.78 is 0.933. The van der Waals surface area contributed by atoms with Gasteiger partial charge in [0.15, 0.2) is 0 Å². The van der Waals surface area contributed by atoms with Gasteiger partial charge in [-0.25, -0.2) is 0 Å². The van der Waals surface area contributed by atoms with Crippen molar-refractivity contribution < 1.29 is 41.5 Å². The van der Waals surface area contributed by atoms with E-state index in [0.29, 0.717) is 31.7 Å². The number of hydrogen-bond donors (Lipinski definition) is 0. The number of carboxylic acid groups (broad SMARTS) is 1. The summed E-state index contributed by atoms with van der Waals surface area (Å²) in [6.07, 6.45) is 0. The van der Waals surface area contributed by atoms with Gasteiger partial charge in [-0.3, -0.25) is 0 Å². The van der Waals surface area contributed by atoms with E-state index in [-0.39, 0.29) is 5.48 Å². The van der Waals surface area contributed by atoms with Crippen LogP contribution in [0.5, 0.6) is 0 Å². The zero-order valence-electron chi connectivity index (χ0n) is 5.83. The first-order valence-electron chi connectivity index (χ1n) is 2.84. The molecule has 0 bridgehead atoms. The maximum absolute atomic E-state index is 10.3. The summed E-state index contributed by atoms with van der Waals surface area (Å²) in [5.74, 6) is -1.06. The number of carboxylic acids is 1. The first-order chi connectivity index (χ1) is 4.72. The van der Waals surface area contributed by atoms with E-state index in [9.17, 15) is 9.90 Å². The molecule has 0 amide bonds. The summed E-state index contributed by atoms with van der Waals surface area (Å²) in [5, 5.41) is 10.3. The first kappa shape index (κ1) is 10.6. The standard InChI is InChI=1S/C7H5O2.Hg.H2O/c8-7(9)6-4-2-1-3-5-6;;/h1-4H,(H,8,9);;1H2/p-1. The Kier molecular flexibility index (Phi) is 4.29. The molecule has 0 aromatic heterocycles. The van der Waals surface area contributed by atoms with E-state index in [1.807, 2.05) is 12.1 Å². The van der Waals surface area contributed by atoms with E-state index >= 15 is 0 Å². The van der Waals surface area contributed by atoms with E-state index < -0.39 is 5.97 Å². The fourth-order valence-corrected chi connectivity index (χ4v) is 2.27. The molecule has 4 heteroatoms. The molecule has 2 N–H and O–H groups in total. The zero-order chi connectivity index (χ0) is 7.56. The van der Waals surface area contributed by atoms with Crippen molar-refractivity contribution in [1.29, 1.82) is 0 Å². The summed E-state index contributed by atoms with van der Waals surface area (Å²) >= 11 is 0.357. The van der Waals surface area contributed by atoms with Gasteiger partial charge in [-0.1, -0.05) is 0 Å². The Morgan fingerprint density at radius 3 is 2.27 bits per heavy atom. The number of carbonyl (C=O) groups is 1. The van der Waals surface area contributed by atoms with Gasteiger partial charge in [-0.05, 0) is 0 Å². The average Bonchev–Trinajstić information content (AvgIpc) is 1.88. The van der Waals surface area contributed by atoms with Crippen molar-refractivity contribution >= 4 is 9.04 Å². The summed E-state index contributed by atoms with van der Waals surface area (Å²) in [7, 11) is 0. The van der Waals surface area contributed by atoms with Crippen molar-refractivity contribution in [3.63, 3.8) is 0 Å². The molecule has 0 atom stereocenters. The predicted molar refractivity (Wildman–Crippen MR) is 34.0 cm³/mol. The first-order valence-corrected chi connectivity index (χ1v) is 5.59.